The number of nitrogens with zero attached hydrogens (tertiary/aromatic N) is 1. The molecule has 0 atom stereocenters. The number of anilines is 1. The molecule has 104 valence electrons. The Morgan fingerprint density at radius 2 is 1.79 bits per heavy atom. The van der Waals surface area contributed by atoms with Gasteiger partial charge in [0.15, 0.2) is 0 Å². The smallest absolute Gasteiger partial charge is 0.366 e. The lowest BCUT2D eigenvalue weighted by atomic mass is 10.2. The summed E-state index contributed by atoms with van der Waals surface area (Å²) in [7, 11) is 1.36. The average Bonchev–Trinajstić information content (AvgIpc) is 2.34. The van der Waals surface area contributed by atoms with Crippen molar-refractivity contribution >= 4 is 29.3 Å². The van der Waals surface area contributed by atoms with Crippen molar-refractivity contribution in [1.29, 1.82) is 0 Å². The van der Waals surface area contributed by atoms with Crippen molar-refractivity contribution < 1.29 is 22.8 Å². The van der Waals surface area contributed by atoms with E-state index in [0.717, 1.165) is 4.90 Å². The Morgan fingerprint density at radius 3 is 2.21 bits per heavy atom. The maximum Gasteiger partial charge on any atom is 0.442 e. The first-order chi connectivity index (χ1) is 8.70. The van der Waals surface area contributed by atoms with Gasteiger partial charge in [-0.15, -0.1) is 0 Å². The Labute approximate surface area is 111 Å². The first kappa shape index (κ1) is 15.4. The molecule has 0 saturated heterocycles. The lowest BCUT2D eigenvalue weighted by Crippen LogP contribution is -2.29. The number of amides is 2. The number of hydrogen-bond donors (Lipinski definition) is 1. The topological polar surface area (TPSA) is 63.4 Å². The number of alkyl halides is 3. The van der Waals surface area contributed by atoms with E-state index in [1.807, 2.05) is 0 Å². The third kappa shape index (κ3) is 4.82. The summed E-state index contributed by atoms with van der Waals surface area (Å²) in [6.07, 6.45) is 0. The summed E-state index contributed by atoms with van der Waals surface area (Å²) < 4.78 is 35.9. The van der Waals surface area contributed by atoms with Crippen LogP contribution in [0.4, 0.5) is 18.9 Å². The summed E-state index contributed by atoms with van der Waals surface area (Å²) in [6.45, 7) is 0. The molecule has 1 aromatic carbocycles. The zero-order valence-corrected chi connectivity index (χ0v) is 10.7. The van der Waals surface area contributed by atoms with Crippen LogP contribution in [-0.4, -0.2) is 30.1 Å². The van der Waals surface area contributed by atoms with Gasteiger partial charge in [-0.2, -0.15) is 13.2 Å². The molecule has 0 aliphatic heterocycles. The fraction of sp³-hybridized carbons (Fsp3) is 0.273. The maximum atomic E-state index is 12.0. The molecule has 4 nitrogen and oxygen atoms in total. The lowest BCUT2D eigenvalue weighted by molar-refractivity contribution is -0.116. The van der Waals surface area contributed by atoms with E-state index in [9.17, 15) is 22.8 Å². The van der Waals surface area contributed by atoms with Crippen LogP contribution in [-0.2, 0) is 4.79 Å². The molecule has 0 saturated carbocycles. The number of carbonyl (C=O) groups is 2. The standard InChI is InChI=1S/C11H11F3N2O2S/c1-16(9(17)6-19-11(12,13)14)8-4-2-7(3-5-8)10(15)18/h2-5H,6H2,1H3,(H2,15,18). The molecule has 0 heterocycles. The van der Waals surface area contributed by atoms with Crippen molar-refractivity contribution in [2.45, 2.75) is 5.51 Å². The summed E-state index contributed by atoms with van der Waals surface area (Å²) in [5, 5.41) is 0. The van der Waals surface area contributed by atoms with E-state index in [4.69, 9.17) is 5.73 Å². The number of rotatable bonds is 4. The lowest BCUT2D eigenvalue weighted by Gasteiger charge is -2.17. The third-order valence-corrected chi connectivity index (χ3v) is 2.99. The van der Waals surface area contributed by atoms with Gasteiger partial charge in [-0.25, -0.2) is 0 Å². The Morgan fingerprint density at radius 1 is 1.26 bits per heavy atom. The van der Waals surface area contributed by atoms with Crippen molar-refractivity contribution in [3.63, 3.8) is 0 Å². The van der Waals surface area contributed by atoms with E-state index < -0.39 is 34.8 Å². The van der Waals surface area contributed by atoms with Gasteiger partial charge in [-0.1, -0.05) is 0 Å². The zero-order valence-electron chi connectivity index (χ0n) is 9.90. The first-order valence-electron chi connectivity index (χ1n) is 5.08. The predicted molar refractivity (Wildman–Crippen MR) is 66.9 cm³/mol. The normalized spacial score (nSPS) is 11.2. The predicted octanol–water partition coefficient (Wildman–Crippen LogP) is 2.00. The molecule has 1 rings (SSSR count). The van der Waals surface area contributed by atoms with Crippen LogP contribution in [0.3, 0.4) is 0 Å². The second kappa shape index (κ2) is 5.96. The molecule has 2 amide bonds. The van der Waals surface area contributed by atoms with Gasteiger partial charge in [0.05, 0.1) is 5.75 Å². The number of hydrogen-bond acceptors (Lipinski definition) is 3. The molecule has 19 heavy (non-hydrogen) atoms. The van der Waals surface area contributed by atoms with Crippen molar-refractivity contribution in [2.75, 3.05) is 17.7 Å². The van der Waals surface area contributed by atoms with Crippen LogP contribution in [0.2, 0.25) is 0 Å². The number of benzene rings is 1. The van der Waals surface area contributed by atoms with Crippen molar-refractivity contribution in [1.82, 2.24) is 0 Å². The minimum absolute atomic E-state index is 0.259. The van der Waals surface area contributed by atoms with Crippen LogP contribution >= 0.6 is 11.8 Å². The monoisotopic (exact) mass is 292 g/mol. The third-order valence-electron chi connectivity index (χ3n) is 2.27. The van der Waals surface area contributed by atoms with Crippen molar-refractivity contribution in [3.8, 4) is 0 Å². The molecule has 8 heteroatoms. The van der Waals surface area contributed by atoms with Gasteiger partial charge in [-0.05, 0) is 36.0 Å². The molecule has 1 aromatic rings. The number of nitrogens with two attached hydrogens (primary N) is 1. The molecule has 0 radical (unpaired) electrons. The SMILES string of the molecule is CN(C(=O)CSC(F)(F)F)c1ccc(C(N)=O)cc1. The first-order valence-corrected chi connectivity index (χ1v) is 6.06. The van der Waals surface area contributed by atoms with Crippen LogP contribution in [0.5, 0.6) is 0 Å². The van der Waals surface area contributed by atoms with Gasteiger partial charge >= 0.3 is 5.51 Å². The highest BCUT2D eigenvalue weighted by Gasteiger charge is 2.30. The minimum Gasteiger partial charge on any atom is -0.366 e. The average molecular weight is 292 g/mol. The molecule has 0 aromatic heterocycles. The quantitative estimate of drug-likeness (QED) is 0.923. The molecule has 2 N–H and O–H groups in total. The van der Waals surface area contributed by atoms with E-state index in [1.54, 1.807) is 0 Å². The summed E-state index contributed by atoms with van der Waals surface area (Å²) >= 11 is -0.393. The van der Waals surface area contributed by atoms with Crippen LogP contribution in [0.25, 0.3) is 0 Å². The maximum absolute atomic E-state index is 12.0. The van der Waals surface area contributed by atoms with Crippen LogP contribution in [0, 0.1) is 0 Å². The summed E-state index contributed by atoms with van der Waals surface area (Å²) in [5.74, 6) is -2.00. The Hall–Kier alpha value is -1.70. The highest BCUT2D eigenvalue weighted by Crippen LogP contribution is 2.30. The fourth-order valence-electron chi connectivity index (χ4n) is 1.23. The molecule has 0 bridgehead atoms. The van der Waals surface area contributed by atoms with E-state index in [0.29, 0.717) is 5.69 Å². The highest BCUT2D eigenvalue weighted by atomic mass is 32.2. The number of thioether (sulfide) groups is 1. The van der Waals surface area contributed by atoms with Gasteiger partial charge in [0.2, 0.25) is 11.8 Å². The molecule has 0 spiro atoms. The van der Waals surface area contributed by atoms with Gasteiger partial charge in [-0.3, -0.25) is 9.59 Å². The molecular formula is C11H11F3N2O2S. The summed E-state index contributed by atoms with van der Waals surface area (Å²) in [5.41, 5.74) is 1.25. The summed E-state index contributed by atoms with van der Waals surface area (Å²) in [6, 6.07) is 5.68. The Balaban J connectivity index is 2.69. The van der Waals surface area contributed by atoms with E-state index in [2.05, 4.69) is 0 Å². The Kier molecular flexibility index (Phi) is 4.82. The largest absolute Gasteiger partial charge is 0.442 e. The number of primary amides is 1. The van der Waals surface area contributed by atoms with Crippen LogP contribution < -0.4 is 10.6 Å². The van der Waals surface area contributed by atoms with Gasteiger partial charge in [0.25, 0.3) is 0 Å². The molecule has 0 unspecified atom stereocenters. The summed E-state index contributed by atoms with van der Waals surface area (Å²) in [4.78, 5) is 23.5. The minimum atomic E-state index is -4.44. The van der Waals surface area contributed by atoms with Crippen LogP contribution in [0.15, 0.2) is 24.3 Å². The highest BCUT2D eigenvalue weighted by molar-refractivity contribution is 8.00. The zero-order chi connectivity index (χ0) is 14.6. The second-order valence-corrected chi connectivity index (χ2v) is 4.64. The fourth-order valence-corrected chi connectivity index (χ4v) is 1.71. The molecule has 0 fully saturated rings. The van der Waals surface area contributed by atoms with Crippen molar-refractivity contribution in [3.05, 3.63) is 29.8 Å². The molecule has 0 aliphatic rings. The van der Waals surface area contributed by atoms with Gasteiger partial charge in [0.1, 0.15) is 0 Å². The van der Waals surface area contributed by atoms with Crippen LogP contribution in [0.1, 0.15) is 10.4 Å². The van der Waals surface area contributed by atoms with E-state index in [-0.39, 0.29) is 5.56 Å². The second-order valence-electron chi connectivity index (χ2n) is 3.60. The van der Waals surface area contributed by atoms with Crippen molar-refractivity contribution in [2.24, 2.45) is 5.73 Å². The number of halogens is 3. The Bertz CT molecular complexity index is 474. The van der Waals surface area contributed by atoms with E-state index in [1.165, 1.54) is 31.3 Å². The molecular weight excluding hydrogens is 281 g/mol. The molecule has 0 aliphatic carbocycles. The van der Waals surface area contributed by atoms with E-state index >= 15 is 0 Å². The van der Waals surface area contributed by atoms with Gasteiger partial charge < -0.3 is 10.6 Å². The number of carbonyl (C=O) groups excluding carboxylic acids is 2. The van der Waals surface area contributed by atoms with Gasteiger partial charge in [0, 0.05) is 18.3 Å².